The molecule has 0 fully saturated rings. The van der Waals surface area contributed by atoms with Gasteiger partial charge in [-0.25, -0.2) is 14.4 Å². The van der Waals surface area contributed by atoms with Gasteiger partial charge >= 0.3 is 0 Å². The Morgan fingerprint density at radius 2 is 2.10 bits per heavy atom. The van der Waals surface area contributed by atoms with E-state index in [1.54, 1.807) is 0 Å². The quantitative estimate of drug-likeness (QED) is 0.758. The number of anilines is 2. The van der Waals surface area contributed by atoms with E-state index in [0.29, 0.717) is 15.4 Å². The summed E-state index contributed by atoms with van der Waals surface area (Å²) in [5.74, 6) is -1.11. The Morgan fingerprint density at radius 3 is 2.86 bits per heavy atom. The van der Waals surface area contributed by atoms with Crippen molar-refractivity contribution in [2.24, 2.45) is 0 Å². The zero-order chi connectivity index (χ0) is 15.0. The summed E-state index contributed by atoms with van der Waals surface area (Å²) in [7, 11) is 0. The molecule has 0 aliphatic rings. The average molecular weight is 323 g/mol. The first kappa shape index (κ1) is 13.7. The van der Waals surface area contributed by atoms with E-state index in [4.69, 9.17) is 17.3 Å². The minimum absolute atomic E-state index is 0.00901. The van der Waals surface area contributed by atoms with Crippen molar-refractivity contribution in [2.75, 3.05) is 11.1 Å². The topological polar surface area (TPSA) is 80.9 Å². The summed E-state index contributed by atoms with van der Waals surface area (Å²) in [5, 5.41) is 2.76. The van der Waals surface area contributed by atoms with Crippen LogP contribution in [0.15, 0.2) is 30.6 Å². The number of hydrogen-bond acceptors (Lipinski definition) is 5. The van der Waals surface area contributed by atoms with Crippen molar-refractivity contribution in [3.05, 3.63) is 46.3 Å². The lowest BCUT2D eigenvalue weighted by atomic mass is 10.3. The molecule has 1 amide bonds. The number of nitrogens with one attached hydrogen (secondary N) is 1. The van der Waals surface area contributed by atoms with Gasteiger partial charge in [0.2, 0.25) is 0 Å². The molecule has 1 aromatic carbocycles. The number of carbonyl (C=O) groups is 1. The summed E-state index contributed by atoms with van der Waals surface area (Å²) < 4.78 is 13.6. The molecule has 5 nitrogen and oxygen atoms in total. The molecule has 0 saturated carbocycles. The molecule has 0 spiro atoms. The maximum Gasteiger partial charge on any atom is 0.268 e. The molecule has 21 heavy (non-hydrogen) atoms. The van der Waals surface area contributed by atoms with Crippen LogP contribution in [0.2, 0.25) is 5.02 Å². The molecule has 0 aliphatic carbocycles. The van der Waals surface area contributed by atoms with Gasteiger partial charge in [0.05, 0.1) is 11.4 Å². The maximum absolute atomic E-state index is 13.6. The molecular weight excluding hydrogens is 315 g/mol. The van der Waals surface area contributed by atoms with Gasteiger partial charge in [-0.3, -0.25) is 4.79 Å². The van der Waals surface area contributed by atoms with Crippen molar-refractivity contribution in [2.45, 2.75) is 0 Å². The summed E-state index contributed by atoms with van der Waals surface area (Å²) in [5.41, 5.74) is 6.56. The molecule has 8 heteroatoms. The Balaban J connectivity index is 1.97. The van der Waals surface area contributed by atoms with E-state index in [1.165, 1.54) is 30.6 Å². The van der Waals surface area contributed by atoms with Crippen molar-refractivity contribution >= 4 is 50.6 Å². The fraction of sp³-hybridized carbons (Fsp3) is 0. The maximum atomic E-state index is 13.6. The molecule has 0 atom stereocenters. The Bertz CT molecular complexity index is 851. The van der Waals surface area contributed by atoms with Crippen LogP contribution in [0.4, 0.5) is 15.8 Å². The van der Waals surface area contributed by atoms with Crippen LogP contribution >= 0.6 is 22.9 Å². The second kappa shape index (κ2) is 5.27. The van der Waals surface area contributed by atoms with Crippen LogP contribution in [0.1, 0.15) is 9.67 Å². The van der Waals surface area contributed by atoms with Crippen molar-refractivity contribution in [3.8, 4) is 0 Å². The largest absolute Gasteiger partial charge is 0.396 e. The molecule has 0 saturated heterocycles. The molecular formula is C13H8ClFN4OS. The van der Waals surface area contributed by atoms with Crippen LogP contribution in [-0.4, -0.2) is 15.9 Å². The molecule has 0 radical (unpaired) electrons. The van der Waals surface area contributed by atoms with E-state index in [9.17, 15) is 9.18 Å². The van der Waals surface area contributed by atoms with Gasteiger partial charge in [-0.15, -0.1) is 11.3 Å². The number of thiophene rings is 1. The van der Waals surface area contributed by atoms with E-state index in [1.807, 2.05) is 0 Å². The van der Waals surface area contributed by atoms with Crippen LogP contribution < -0.4 is 11.1 Å². The second-order valence-electron chi connectivity index (χ2n) is 4.13. The predicted octanol–water partition coefficient (Wildman–Crippen LogP) is 3.32. The zero-order valence-electron chi connectivity index (χ0n) is 10.4. The number of rotatable bonds is 2. The molecule has 0 aliphatic heterocycles. The van der Waals surface area contributed by atoms with Gasteiger partial charge < -0.3 is 11.1 Å². The van der Waals surface area contributed by atoms with Crippen molar-refractivity contribution in [1.82, 2.24) is 9.97 Å². The number of halogens is 2. The summed E-state index contributed by atoms with van der Waals surface area (Å²) in [6.07, 6.45) is 3.00. The molecule has 0 bridgehead atoms. The van der Waals surface area contributed by atoms with Crippen LogP contribution in [0.25, 0.3) is 10.3 Å². The number of hydrogen-bond donors (Lipinski definition) is 2. The number of fused-ring (bicyclic) bond motifs is 1. The number of amides is 1. The minimum atomic E-state index is -0.580. The molecule has 3 rings (SSSR count). The predicted molar refractivity (Wildman–Crippen MR) is 81.2 cm³/mol. The van der Waals surface area contributed by atoms with Crippen LogP contribution in [0, 0.1) is 5.82 Å². The number of benzene rings is 1. The molecule has 2 aromatic heterocycles. The summed E-state index contributed by atoms with van der Waals surface area (Å²) in [4.78, 5) is 21.2. The zero-order valence-corrected chi connectivity index (χ0v) is 12.0. The van der Waals surface area contributed by atoms with Crippen LogP contribution in [0.5, 0.6) is 0 Å². The van der Waals surface area contributed by atoms with E-state index in [2.05, 4.69) is 15.3 Å². The Morgan fingerprint density at radius 1 is 1.33 bits per heavy atom. The fourth-order valence-electron chi connectivity index (χ4n) is 1.78. The van der Waals surface area contributed by atoms with Crippen molar-refractivity contribution in [1.29, 1.82) is 0 Å². The van der Waals surface area contributed by atoms with E-state index >= 15 is 0 Å². The van der Waals surface area contributed by atoms with Gasteiger partial charge in [-0.2, -0.15) is 0 Å². The lowest BCUT2D eigenvalue weighted by Gasteiger charge is -2.06. The van der Waals surface area contributed by atoms with E-state index < -0.39 is 11.7 Å². The Hall–Kier alpha value is -2.25. The normalized spacial score (nSPS) is 10.8. The van der Waals surface area contributed by atoms with Crippen molar-refractivity contribution in [3.63, 3.8) is 0 Å². The SMILES string of the molecule is Nc1c(C(=O)Nc2cc(Cl)ccc2F)sc2nccnc12. The fourth-order valence-corrected chi connectivity index (χ4v) is 2.87. The number of nitrogens with zero attached hydrogens (tertiary/aromatic N) is 2. The van der Waals surface area contributed by atoms with Gasteiger partial charge in [0.1, 0.15) is 21.0 Å². The third-order valence-electron chi connectivity index (χ3n) is 2.75. The Kier molecular flexibility index (Phi) is 3.44. The lowest BCUT2D eigenvalue weighted by Crippen LogP contribution is -2.13. The Labute approximate surface area is 127 Å². The molecule has 2 heterocycles. The highest BCUT2D eigenvalue weighted by molar-refractivity contribution is 7.21. The second-order valence-corrected chi connectivity index (χ2v) is 5.57. The number of aromatic nitrogens is 2. The standard InChI is InChI=1S/C13H8ClFN4OS/c14-6-1-2-7(15)8(5-6)19-12(20)11-9(16)10-13(21-11)18-4-3-17-10/h1-5H,16H2,(H,19,20). The number of nitrogen functional groups attached to an aromatic ring is 1. The van der Waals surface area contributed by atoms with Gasteiger partial charge in [-0.1, -0.05) is 11.6 Å². The van der Waals surface area contributed by atoms with Gasteiger partial charge in [0.25, 0.3) is 5.91 Å². The lowest BCUT2D eigenvalue weighted by molar-refractivity contribution is 0.103. The molecule has 0 unspecified atom stereocenters. The first-order valence-corrected chi connectivity index (χ1v) is 7.01. The smallest absolute Gasteiger partial charge is 0.268 e. The third kappa shape index (κ3) is 2.53. The van der Waals surface area contributed by atoms with Crippen LogP contribution in [0.3, 0.4) is 0 Å². The molecule has 106 valence electrons. The van der Waals surface area contributed by atoms with Crippen molar-refractivity contribution < 1.29 is 9.18 Å². The summed E-state index contributed by atoms with van der Waals surface area (Å²) in [6, 6.07) is 3.90. The third-order valence-corrected chi connectivity index (χ3v) is 4.08. The first-order chi connectivity index (χ1) is 10.1. The summed E-state index contributed by atoms with van der Waals surface area (Å²) in [6.45, 7) is 0. The number of carbonyl (C=O) groups excluding carboxylic acids is 1. The minimum Gasteiger partial charge on any atom is -0.396 e. The van der Waals surface area contributed by atoms with E-state index in [0.717, 1.165) is 11.3 Å². The monoisotopic (exact) mass is 322 g/mol. The molecule has 3 N–H and O–H groups in total. The highest BCUT2D eigenvalue weighted by atomic mass is 35.5. The van der Waals surface area contributed by atoms with Gasteiger partial charge in [-0.05, 0) is 18.2 Å². The number of nitrogens with two attached hydrogens (primary N) is 1. The summed E-state index contributed by atoms with van der Waals surface area (Å²) >= 11 is 6.88. The molecule has 3 aromatic rings. The highest BCUT2D eigenvalue weighted by Crippen LogP contribution is 2.31. The van der Waals surface area contributed by atoms with Gasteiger partial charge in [0, 0.05) is 17.4 Å². The van der Waals surface area contributed by atoms with E-state index in [-0.39, 0.29) is 16.3 Å². The average Bonchev–Trinajstić information content (AvgIpc) is 2.81. The highest BCUT2D eigenvalue weighted by Gasteiger charge is 2.19. The first-order valence-electron chi connectivity index (χ1n) is 5.81. The van der Waals surface area contributed by atoms with Crippen LogP contribution in [-0.2, 0) is 0 Å². The van der Waals surface area contributed by atoms with Gasteiger partial charge in [0.15, 0.2) is 0 Å².